The Balaban J connectivity index is 1.64. The molecular formula is C28H24F3N3O2. The fourth-order valence-corrected chi connectivity index (χ4v) is 3.68. The lowest BCUT2D eigenvalue weighted by Crippen LogP contribution is -2.26. The molecule has 2 aromatic carbocycles. The number of halogens is 3. The van der Waals surface area contributed by atoms with E-state index in [4.69, 9.17) is 4.74 Å². The largest absolute Gasteiger partial charge is 0.438 e. The summed E-state index contributed by atoms with van der Waals surface area (Å²) in [6.45, 7) is 3.86. The molecule has 0 spiro atoms. The second-order valence-corrected chi connectivity index (χ2v) is 8.24. The van der Waals surface area contributed by atoms with Crippen LogP contribution in [0, 0.1) is 6.92 Å². The van der Waals surface area contributed by atoms with Gasteiger partial charge in [0.05, 0.1) is 5.56 Å². The van der Waals surface area contributed by atoms with Gasteiger partial charge >= 0.3 is 6.18 Å². The molecule has 0 aliphatic rings. The maximum atomic E-state index is 13.1. The predicted molar refractivity (Wildman–Crippen MR) is 132 cm³/mol. The molecule has 36 heavy (non-hydrogen) atoms. The van der Waals surface area contributed by atoms with Gasteiger partial charge in [0.25, 0.3) is 5.91 Å². The number of ether oxygens (including phenoxy) is 1. The van der Waals surface area contributed by atoms with Gasteiger partial charge < -0.3 is 9.64 Å². The molecule has 2 aromatic heterocycles. The van der Waals surface area contributed by atoms with Crippen LogP contribution in [0.4, 0.5) is 18.9 Å². The summed E-state index contributed by atoms with van der Waals surface area (Å²) in [7, 11) is 1.43. The molecule has 5 nitrogen and oxygen atoms in total. The molecule has 4 rings (SSSR count). The van der Waals surface area contributed by atoms with Crippen molar-refractivity contribution in [3.8, 4) is 22.8 Å². The molecule has 4 aromatic rings. The smallest absolute Gasteiger partial charge is 0.416 e. The Morgan fingerprint density at radius 1 is 0.972 bits per heavy atom. The third kappa shape index (κ3) is 5.38. The highest BCUT2D eigenvalue weighted by Gasteiger charge is 2.31. The number of benzene rings is 2. The molecule has 0 atom stereocenters. The van der Waals surface area contributed by atoms with Crippen molar-refractivity contribution >= 4 is 11.6 Å². The van der Waals surface area contributed by atoms with Gasteiger partial charge in [-0.1, -0.05) is 19.1 Å². The molecule has 0 saturated carbocycles. The monoisotopic (exact) mass is 491 g/mol. The summed E-state index contributed by atoms with van der Waals surface area (Å²) in [5.74, 6) is 0.315. The normalized spacial score (nSPS) is 11.3. The van der Waals surface area contributed by atoms with E-state index in [2.05, 4.69) is 9.97 Å². The molecule has 0 saturated heterocycles. The molecule has 2 heterocycles. The van der Waals surface area contributed by atoms with Crippen LogP contribution in [0.1, 0.15) is 34.1 Å². The summed E-state index contributed by atoms with van der Waals surface area (Å²) in [6, 6.07) is 17.1. The summed E-state index contributed by atoms with van der Waals surface area (Å²) >= 11 is 0. The molecule has 0 aliphatic carbocycles. The molecule has 184 valence electrons. The number of pyridine rings is 2. The van der Waals surface area contributed by atoms with E-state index in [1.807, 2.05) is 38.1 Å². The fourth-order valence-electron chi connectivity index (χ4n) is 3.68. The highest BCUT2D eigenvalue weighted by atomic mass is 19.4. The lowest BCUT2D eigenvalue weighted by molar-refractivity contribution is -0.137. The topological polar surface area (TPSA) is 55.3 Å². The number of aryl methyl sites for hydroxylation is 2. The van der Waals surface area contributed by atoms with Crippen LogP contribution in [-0.4, -0.2) is 22.9 Å². The van der Waals surface area contributed by atoms with Gasteiger partial charge in [-0.2, -0.15) is 13.2 Å². The zero-order valence-corrected chi connectivity index (χ0v) is 20.0. The Morgan fingerprint density at radius 3 is 2.53 bits per heavy atom. The van der Waals surface area contributed by atoms with Gasteiger partial charge in [0.15, 0.2) is 0 Å². The maximum absolute atomic E-state index is 13.1. The number of amides is 1. The van der Waals surface area contributed by atoms with Crippen molar-refractivity contribution in [1.82, 2.24) is 9.97 Å². The quantitative estimate of drug-likeness (QED) is 0.289. The molecule has 8 heteroatoms. The number of rotatable bonds is 6. The maximum Gasteiger partial charge on any atom is 0.416 e. The SMILES string of the molecule is CCc1cc(-c2cccnc2Oc2cc(C(=O)N(C)c3cccc(C(F)(F)F)c3)ccc2C)ccn1. The lowest BCUT2D eigenvalue weighted by atomic mass is 10.1. The number of hydrogen-bond acceptors (Lipinski definition) is 4. The van der Waals surface area contributed by atoms with Gasteiger partial charge in [-0.25, -0.2) is 4.98 Å². The first-order valence-corrected chi connectivity index (χ1v) is 11.3. The molecule has 0 aliphatic heterocycles. The minimum absolute atomic E-state index is 0.134. The third-order valence-electron chi connectivity index (χ3n) is 5.77. The van der Waals surface area contributed by atoms with Crippen LogP contribution in [0.2, 0.25) is 0 Å². The first kappa shape index (κ1) is 24.9. The average molecular weight is 492 g/mol. The Hall–Kier alpha value is -4.20. The van der Waals surface area contributed by atoms with Crippen LogP contribution < -0.4 is 9.64 Å². The highest BCUT2D eigenvalue weighted by molar-refractivity contribution is 6.06. The van der Waals surface area contributed by atoms with Crippen LogP contribution in [0.5, 0.6) is 11.6 Å². The van der Waals surface area contributed by atoms with Crippen LogP contribution in [-0.2, 0) is 12.6 Å². The summed E-state index contributed by atoms with van der Waals surface area (Å²) in [5.41, 5.74) is 2.96. The third-order valence-corrected chi connectivity index (χ3v) is 5.77. The number of aromatic nitrogens is 2. The Kier molecular flexibility index (Phi) is 7.05. The van der Waals surface area contributed by atoms with Crippen molar-refractivity contribution < 1.29 is 22.7 Å². The van der Waals surface area contributed by atoms with Gasteiger partial charge in [0.2, 0.25) is 5.88 Å². The second-order valence-electron chi connectivity index (χ2n) is 8.24. The summed E-state index contributed by atoms with van der Waals surface area (Å²) in [6.07, 6.45) is -0.365. The minimum atomic E-state index is -4.50. The number of carbonyl (C=O) groups is 1. The highest BCUT2D eigenvalue weighted by Crippen LogP contribution is 2.34. The van der Waals surface area contributed by atoms with E-state index in [0.29, 0.717) is 11.6 Å². The average Bonchev–Trinajstić information content (AvgIpc) is 2.89. The van der Waals surface area contributed by atoms with E-state index < -0.39 is 17.6 Å². The predicted octanol–water partition coefficient (Wildman–Crippen LogP) is 7.10. The van der Waals surface area contributed by atoms with E-state index in [-0.39, 0.29) is 11.3 Å². The zero-order chi connectivity index (χ0) is 25.9. The fraction of sp³-hybridized carbons (Fsp3) is 0.179. The molecule has 0 unspecified atom stereocenters. The molecule has 1 amide bonds. The van der Waals surface area contributed by atoms with E-state index in [0.717, 1.165) is 40.9 Å². The minimum Gasteiger partial charge on any atom is -0.438 e. The van der Waals surface area contributed by atoms with Crippen molar-refractivity contribution in [2.45, 2.75) is 26.4 Å². The number of hydrogen-bond donors (Lipinski definition) is 0. The molecule has 0 radical (unpaired) electrons. The van der Waals surface area contributed by atoms with E-state index in [9.17, 15) is 18.0 Å². The van der Waals surface area contributed by atoms with Crippen LogP contribution in [0.3, 0.4) is 0 Å². The summed E-state index contributed by atoms with van der Waals surface area (Å²) < 4.78 is 45.5. The Bertz CT molecular complexity index is 1400. The van der Waals surface area contributed by atoms with Crippen LogP contribution in [0.15, 0.2) is 79.1 Å². The summed E-state index contributed by atoms with van der Waals surface area (Å²) in [5, 5.41) is 0. The van der Waals surface area contributed by atoms with Crippen molar-refractivity contribution in [2.75, 3.05) is 11.9 Å². The van der Waals surface area contributed by atoms with Gasteiger partial charge in [-0.05, 0) is 79.1 Å². The summed E-state index contributed by atoms with van der Waals surface area (Å²) in [4.78, 5) is 23.1. The molecule has 0 N–H and O–H groups in total. The molecule has 0 bridgehead atoms. The standard InChI is InChI=1S/C28H24F3N3O2/c1-4-22-15-19(12-14-32-22)24-9-6-13-33-26(24)36-25-16-20(11-10-18(25)2)27(35)34(3)23-8-5-7-21(17-23)28(29,30)31/h5-17H,4H2,1-3H3. The Morgan fingerprint density at radius 2 is 1.78 bits per heavy atom. The van der Waals surface area contributed by atoms with Crippen LogP contribution in [0.25, 0.3) is 11.1 Å². The first-order chi connectivity index (χ1) is 17.2. The van der Waals surface area contributed by atoms with Crippen molar-refractivity contribution in [2.24, 2.45) is 0 Å². The number of alkyl halides is 3. The second kappa shape index (κ2) is 10.2. The molecular weight excluding hydrogens is 467 g/mol. The van der Waals surface area contributed by atoms with Gasteiger partial charge in [-0.15, -0.1) is 0 Å². The lowest BCUT2D eigenvalue weighted by Gasteiger charge is -2.20. The van der Waals surface area contributed by atoms with Gasteiger partial charge in [-0.3, -0.25) is 9.78 Å². The number of nitrogens with zero attached hydrogens (tertiary/aromatic N) is 3. The van der Waals surface area contributed by atoms with E-state index in [1.165, 1.54) is 24.1 Å². The van der Waals surface area contributed by atoms with Gasteiger partial charge in [0.1, 0.15) is 5.75 Å². The van der Waals surface area contributed by atoms with E-state index >= 15 is 0 Å². The van der Waals surface area contributed by atoms with Crippen molar-refractivity contribution in [1.29, 1.82) is 0 Å². The zero-order valence-electron chi connectivity index (χ0n) is 20.0. The van der Waals surface area contributed by atoms with Crippen LogP contribution >= 0.6 is 0 Å². The Labute approximate surface area is 207 Å². The van der Waals surface area contributed by atoms with E-state index in [1.54, 1.807) is 30.6 Å². The van der Waals surface area contributed by atoms with Crippen molar-refractivity contribution in [3.63, 3.8) is 0 Å². The number of carbonyl (C=O) groups excluding carboxylic acids is 1. The van der Waals surface area contributed by atoms with Crippen molar-refractivity contribution in [3.05, 3.63) is 102 Å². The number of anilines is 1. The van der Waals surface area contributed by atoms with Gasteiger partial charge in [0, 0.05) is 41.9 Å². The first-order valence-electron chi connectivity index (χ1n) is 11.3. The molecule has 0 fully saturated rings.